The van der Waals surface area contributed by atoms with Gasteiger partial charge in [-0.1, -0.05) is 12.1 Å². The minimum Gasteiger partial charge on any atom is -0.408 e. The molecule has 30 heavy (non-hydrogen) atoms. The zero-order valence-electron chi connectivity index (χ0n) is 17.1. The summed E-state index contributed by atoms with van der Waals surface area (Å²) in [6.07, 6.45) is 4.82. The van der Waals surface area contributed by atoms with Gasteiger partial charge in [-0.2, -0.15) is 5.10 Å². The first-order valence-electron chi connectivity index (χ1n) is 10.1. The van der Waals surface area contributed by atoms with E-state index in [1.54, 1.807) is 54.1 Å². The maximum Gasteiger partial charge on any atom is 0.420 e. The van der Waals surface area contributed by atoms with Crippen molar-refractivity contribution >= 4 is 22.9 Å². The molecule has 9 nitrogen and oxygen atoms in total. The van der Waals surface area contributed by atoms with Crippen LogP contribution in [-0.4, -0.2) is 50.7 Å². The number of nitrogens with one attached hydrogen (secondary N) is 1. The van der Waals surface area contributed by atoms with Crippen LogP contribution in [0, 0.1) is 5.92 Å². The van der Waals surface area contributed by atoms with Crippen LogP contribution in [0.4, 0.5) is 0 Å². The molecular weight excluding hydrogens is 386 g/mol. The molecule has 158 valence electrons. The molecule has 1 aliphatic heterocycles. The van der Waals surface area contributed by atoms with Crippen LogP contribution in [0.25, 0.3) is 11.1 Å². The zero-order chi connectivity index (χ0) is 21.3. The van der Waals surface area contributed by atoms with Crippen molar-refractivity contribution in [1.82, 2.24) is 24.6 Å². The largest absolute Gasteiger partial charge is 0.420 e. The Morgan fingerprint density at radius 1 is 1.27 bits per heavy atom. The number of carbonyl (C=O) groups is 2. The summed E-state index contributed by atoms with van der Waals surface area (Å²) in [5.74, 6) is -0.449. The number of likely N-dealkylation sites (tertiary alicyclic amines) is 1. The van der Waals surface area contributed by atoms with E-state index in [4.69, 9.17) is 4.42 Å². The lowest BCUT2D eigenvalue weighted by molar-refractivity contribution is -0.135. The average Bonchev–Trinajstić information content (AvgIpc) is 3.33. The SMILES string of the molecule is CC(C(=O)N1CCC(CNC(=O)c2cnn(C)c2)CC1)n1c(=O)oc2ccccc21. The highest BCUT2D eigenvalue weighted by molar-refractivity contribution is 5.93. The van der Waals surface area contributed by atoms with Crippen LogP contribution in [0.15, 0.2) is 45.9 Å². The first kappa shape index (κ1) is 19.9. The summed E-state index contributed by atoms with van der Waals surface area (Å²) in [6.45, 7) is 3.49. The maximum absolute atomic E-state index is 13.0. The zero-order valence-corrected chi connectivity index (χ0v) is 17.1. The van der Waals surface area contributed by atoms with E-state index in [1.807, 2.05) is 6.07 Å². The fraction of sp³-hybridized carbons (Fsp3) is 0.429. The van der Waals surface area contributed by atoms with Crippen molar-refractivity contribution in [1.29, 1.82) is 0 Å². The lowest BCUT2D eigenvalue weighted by Crippen LogP contribution is -2.44. The summed E-state index contributed by atoms with van der Waals surface area (Å²) in [6, 6.07) is 6.47. The third-order valence-electron chi connectivity index (χ3n) is 5.71. The Labute approximate surface area is 173 Å². The highest BCUT2D eigenvalue weighted by Crippen LogP contribution is 2.22. The smallest absolute Gasteiger partial charge is 0.408 e. The van der Waals surface area contributed by atoms with Crippen molar-refractivity contribution in [2.45, 2.75) is 25.8 Å². The highest BCUT2D eigenvalue weighted by atomic mass is 16.4. The number of aryl methyl sites for hydroxylation is 1. The number of aromatic nitrogens is 3. The van der Waals surface area contributed by atoms with Gasteiger partial charge in [0.2, 0.25) is 5.91 Å². The van der Waals surface area contributed by atoms with Crippen molar-refractivity contribution in [2.75, 3.05) is 19.6 Å². The van der Waals surface area contributed by atoms with Gasteiger partial charge in [0.05, 0.1) is 17.3 Å². The summed E-state index contributed by atoms with van der Waals surface area (Å²) in [5, 5.41) is 6.95. The number of para-hydroxylation sites is 2. The fourth-order valence-electron chi connectivity index (χ4n) is 3.96. The molecule has 9 heteroatoms. The summed E-state index contributed by atoms with van der Waals surface area (Å²) < 4.78 is 8.26. The molecule has 2 aromatic heterocycles. The fourth-order valence-corrected chi connectivity index (χ4v) is 3.96. The van der Waals surface area contributed by atoms with Gasteiger partial charge < -0.3 is 14.6 Å². The Morgan fingerprint density at radius 3 is 2.70 bits per heavy atom. The first-order chi connectivity index (χ1) is 14.4. The van der Waals surface area contributed by atoms with Crippen LogP contribution in [0.2, 0.25) is 0 Å². The molecule has 4 rings (SSSR count). The molecule has 1 atom stereocenters. The topological polar surface area (TPSA) is 102 Å². The molecule has 3 aromatic rings. The maximum atomic E-state index is 13.0. The number of hydrogen-bond donors (Lipinski definition) is 1. The molecule has 1 unspecified atom stereocenters. The van der Waals surface area contributed by atoms with E-state index < -0.39 is 11.8 Å². The third-order valence-corrected chi connectivity index (χ3v) is 5.71. The average molecular weight is 411 g/mol. The molecule has 0 radical (unpaired) electrons. The number of oxazole rings is 1. The Bertz CT molecular complexity index is 1120. The highest BCUT2D eigenvalue weighted by Gasteiger charge is 2.29. The number of carbonyl (C=O) groups excluding carboxylic acids is 2. The molecule has 1 aromatic carbocycles. The monoisotopic (exact) mass is 411 g/mol. The molecule has 0 saturated carbocycles. The number of benzene rings is 1. The second-order valence-corrected chi connectivity index (χ2v) is 7.76. The Hall–Kier alpha value is -3.36. The van der Waals surface area contributed by atoms with Crippen LogP contribution >= 0.6 is 0 Å². The number of amides is 2. The van der Waals surface area contributed by atoms with Gasteiger partial charge in [0, 0.05) is 32.9 Å². The lowest BCUT2D eigenvalue weighted by atomic mass is 9.96. The molecule has 0 aliphatic carbocycles. The van der Waals surface area contributed by atoms with E-state index >= 15 is 0 Å². The van der Waals surface area contributed by atoms with Crippen LogP contribution < -0.4 is 11.1 Å². The molecule has 1 N–H and O–H groups in total. The lowest BCUT2D eigenvalue weighted by Gasteiger charge is -2.33. The summed E-state index contributed by atoms with van der Waals surface area (Å²) in [4.78, 5) is 39.2. The van der Waals surface area contributed by atoms with Gasteiger partial charge in [0.15, 0.2) is 5.58 Å². The van der Waals surface area contributed by atoms with E-state index in [1.165, 1.54) is 4.57 Å². The van der Waals surface area contributed by atoms with Crippen LogP contribution in [0.1, 0.15) is 36.2 Å². The van der Waals surface area contributed by atoms with Crippen molar-refractivity contribution < 1.29 is 14.0 Å². The van der Waals surface area contributed by atoms with Crippen molar-refractivity contribution in [3.63, 3.8) is 0 Å². The van der Waals surface area contributed by atoms with Gasteiger partial charge in [-0.15, -0.1) is 0 Å². The number of rotatable bonds is 5. The van der Waals surface area contributed by atoms with E-state index in [9.17, 15) is 14.4 Å². The van der Waals surface area contributed by atoms with E-state index in [2.05, 4.69) is 10.4 Å². The van der Waals surface area contributed by atoms with Crippen molar-refractivity contribution in [3.8, 4) is 0 Å². The Morgan fingerprint density at radius 2 is 2.00 bits per heavy atom. The summed E-state index contributed by atoms with van der Waals surface area (Å²) in [7, 11) is 1.77. The van der Waals surface area contributed by atoms with Crippen LogP contribution in [0.5, 0.6) is 0 Å². The molecule has 3 heterocycles. The Kier molecular flexibility index (Phi) is 5.43. The predicted molar refractivity (Wildman–Crippen MR) is 110 cm³/mol. The van der Waals surface area contributed by atoms with E-state index in [-0.39, 0.29) is 11.8 Å². The van der Waals surface area contributed by atoms with Gasteiger partial charge in [-0.3, -0.25) is 18.8 Å². The molecule has 2 amide bonds. The summed E-state index contributed by atoms with van der Waals surface area (Å²) in [5.41, 5.74) is 1.64. The minimum absolute atomic E-state index is 0.0958. The number of hydrogen-bond acceptors (Lipinski definition) is 5. The predicted octanol–water partition coefficient (Wildman–Crippen LogP) is 1.56. The van der Waals surface area contributed by atoms with Crippen molar-refractivity contribution in [2.24, 2.45) is 13.0 Å². The van der Waals surface area contributed by atoms with E-state index in [0.717, 1.165) is 12.8 Å². The van der Waals surface area contributed by atoms with Crippen molar-refractivity contribution in [3.05, 3.63) is 52.8 Å². The minimum atomic E-state index is -0.636. The standard InChI is InChI=1S/C21H25N5O4/c1-14(26-17-5-3-4-6-18(17)30-21(26)29)20(28)25-9-7-15(8-10-25)11-22-19(27)16-12-23-24(2)13-16/h3-6,12-15H,7-11H2,1-2H3,(H,22,27). The number of nitrogens with zero attached hydrogens (tertiary/aromatic N) is 4. The molecule has 1 saturated heterocycles. The number of piperidine rings is 1. The quantitative estimate of drug-likeness (QED) is 0.686. The summed E-state index contributed by atoms with van der Waals surface area (Å²) >= 11 is 0. The van der Waals surface area contributed by atoms with Gasteiger partial charge in [0.1, 0.15) is 6.04 Å². The van der Waals surface area contributed by atoms with Crippen LogP contribution in [-0.2, 0) is 11.8 Å². The first-order valence-corrected chi connectivity index (χ1v) is 10.1. The molecule has 1 fully saturated rings. The van der Waals surface area contributed by atoms with Gasteiger partial charge in [-0.25, -0.2) is 4.79 Å². The molecular formula is C21H25N5O4. The second kappa shape index (κ2) is 8.17. The molecule has 0 spiro atoms. The number of fused-ring (bicyclic) bond motifs is 1. The third kappa shape index (κ3) is 3.87. The van der Waals surface area contributed by atoms with E-state index in [0.29, 0.717) is 42.2 Å². The molecule has 0 bridgehead atoms. The van der Waals surface area contributed by atoms with Gasteiger partial charge in [-0.05, 0) is 37.8 Å². The van der Waals surface area contributed by atoms with Gasteiger partial charge >= 0.3 is 5.76 Å². The van der Waals surface area contributed by atoms with Gasteiger partial charge in [0.25, 0.3) is 5.91 Å². The van der Waals surface area contributed by atoms with Crippen LogP contribution in [0.3, 0.4) is 0 Å². The Balaban J connectivity index is 1.33. The second-order valence-electron chi connectivity index (χ2n) is 7.76. The molecule has 1 aliphatic rings. The normalized spacial score (nSPS) is 16.0.